The van der Waals surface area contributed by atoms with E-state index in [0.29, 0.717) is 46.1 Å². The lowest BCUT2D eigenvalue weighted by Crippen LogP contribution is -2.51. The lowest BCUT2D eigenvalue weighted by atomic mass is 9.85. The Morgan fingerprint density at radius 3 is 2.50 bits per heavy atom. The molecular weight excluding hydrogens is 562 g/mol. The van der Waals surface area contributed by atoms with Gasteiger partial charge in [-0.1, -0.05) is 25.1 Å². The second kappa shape index (κ2) is 18.2. The molecule has 2 aromatic rings. The molecule has 0 aromatic heterocycles. The summed E-state index contributed by atoms with van der Waals surface area (Å²) in [7, 11) is 5.26. The number of nitrogens with zero attached hydrogens (tertiary/aromatic N) is 2. The highest BCUT2D eigenvalue weighted by Crippen LogP contribution is 2.35. The molecule has 1 fully saturated rings. The van der Waals surface area contributed by atoms with Crippen molar-refractivity contribution in [2.75, 3.05) is 91.9 Å². The van der Waals surface area contributed by atoms with Gasteiger partial charge >= 0.3 is 0 Å². The Kier molecular flexibility index (Phi) is 14.0. The number of ether oxygens (including phenoxy) is 6. The minimum absolute atomic E-state index is 0.0141. The third kappa shape index (κ3) is 9.81. The summed E-state index contributed by atoms with van der Waals surface area (Å²) in [5.41, 5.74) is 3.29. The van der Waals surface area contributed by atoms with Gasteiger partial charge in [0.25, 0.3) is 0 Å². The summed E-state index contributed by atoms with van der Waals surface area (Å²) in [6.07, 6.45) is 2.32. The monoisotopic (exact) mass is 613 g/mol. The van der Waals surface area contributed by atoms with Crippen molar-refractivity contribution in [3.8, 4) is 11.5 Å². The molecule has 0 aliphatic carbocycles. The van der Waals surface area contributed by atoms with E-state index in [0.717, 1.165) is 67.3 Å². The molecule has 10 heteroatoms. The average molecular weight is 614 g/mol. The highest BCUT2D eigenvalue weighted by atomic mass is 16.5. The van der Waals surface area contributed by atoms with E-state index in [1.54, 1.807) is 19.1 Å². The molecule has 0 radical (unpaired) electrons. The van der Waals surface area contributed by atoms with E-state index in [1.165, 1.54) is 0 Å². The molecule has 0 spiro atoms. The summed E-state index contributed by atoms with van der Waals surface area (Å²) in [6.45, 7) is 9.03. The molecule has 0 bridgehead atoms. The Labute approximate surface area is 262 Å². The summed E-state index contributed by atoms with van der Waals surface area (Å²) in [4.78, 5) is 16.8. The standard InChI is InChI=1S/C34H51N3O7/c1-5-14-36(2)33(38)25-44-32-23-35-22-31(34(32)27-9-11-28(12-10-27)41-19-7-18-40-4)43-24-26-8-13-30-29(21-26)37(16-20-42-30)15-6-17-39-3/h8-13,21,31-32,34-35H,5-7,14-20,22-25H2,1-4H3/t31-,32+,34+/m0/s1. The fraction of sp³-hybridized carbons (Fsp3) is 0.618. The van der Waals surface area contributed by atoms with Crippen LogP contribution in [-0.2, 0) is 30.3 Å². The second-order valence-electron chi connectivity index (χ2n) is 11.4. The molecule has 2 aromatic carbocycles. The van der Waals surface area contributed by atoms with Crippen LogP contribution in [0.2, 0.25) is 0 Å². The summed E-state index contributed by atoms with van der Waals surface area (Å²) in [6, 6.07) is 14.5. The molecule has 244 valence electrons. The Bertz CT molecular complexity index is 1130. The van der Waals surface area contributed by atoms with Gasteiger partial charge in [0, 0.05) is 73.0 Å². The predicted octanol–water partition coefficient (Wildman–Crippen LogP) is 3.86. The Morgan fingerprint density at radius 1 is 1.00 bits per heavy atom. The van der Waals surface area contributed by atoms with Crippen LogP contribution >= 0.6 is 0 Å². The number of rotatable bonds is 18. The number of benzene rings is 2. The fourth-order valence-electron chi connectivity index (χ4n) is 5.79. The van der Waals surface area contributed by atoms with Crippen molar-refractivity contribution in [1.82, 2.24) is 10.2 Å². The normalized spacial score (nSPS) is 19.7. The number of anilines is 1. The van der Waals surface area contributed by atoms with E-state index >= 15 is 0 Å². The van der Waals surface area contributed by atoms with Gasteiger partial charge in [0.15, 0.2) is 0 Å². The number of hydrogen-bond donors (Lipinski definition) is 1. The van der Waals surface area contributed by atoms with Gasteiger partial charge in [-0.2, -0.15) is 0 Å². The van der Waals surface area contributed by atoms with Gasteiger partial charge < -0.3 is 43.5 Å². The lowest BCUT2D eigenvalue weighted by molar-refractivity contribution is -0.139. The number of amides is 1. The van der Waals surface area contributed by atoms with Crippen molar-refractivity contribution in [2.24, 2.45) is 0 Å². The highest BCUT2D eigenvalue weighted by Gasteiger charge is 2.36. The number of fused-ring (bicyclic) bond motifs is 1. The third-order valence-electron chi connectivity index (χ3n) is 8.15. The molecule has 0 saturated carbocycles. The molecule has 2 heterocycles. The van der Waals surface area contributed by atoms with Crippen molar-refractivity contribution >= 4 is 11.6 Å². The van der Waals surface area contributed by atoms with Crippen molar-refractivity contribution < 1.29 is 33.2 Å². The number of carbonyl (C=O) groups is 1. The first-order valence-corrected chi connectivity index (χ1v) is 15.9. The minimum atomic E-state index is -0.227. The van der Waals surface area contributed by atoms with E-state index in [2.05, 4.69) is 41.4 Å². The zero-order valence-electron chi connectivity index (χ0n) is 26.9. The van der Waals surface area contributed by atoms with Crippen LogP contribution in [0, 0.1) is 0 Å². The SMILES string of the molecule is CCCN(C)C(=O)CO[C@@H]1CNC[C@H](OCc2ccc3c(c2)N(CCCOC)CCO3)[C@H]1c1ccc(OCCCOC)cc1. The summed E-state index contributed by atoms with van der Waals surface area (Å²) >= 11 is 0. The van der Waals surface area contributed by atoms with Gasteiger partial charge in [0.05, 0.1) is 37.7 Å². The van der Waals surface area contributed by atoms with Crippen LogP contribution in [0.15, 0.2) is 42.5 Å². The van der Waals surface area contributed by atoms with Gasteiger partial charge in [-0.05, 0) is 48.2 Å². The molecule has 10 nitrogen and oxygen atoms in total. The number of hydrogen-bond acceptors (Lipinski definition) is 9. The van der Waals surface area contributed by atoms with Gasteiger partial charge in [-0.25, -0.2) is 0 Å². The summed E-state index contributed by atoms with van der Waals surface area (Å²) in [5.74, 6) is 1.65. The van der Waals surface area contributed by atoms with E-state index in [1.807, 2.05) is 25.2 Å². The molecule has 3 atom stereocenters. The lowest BCUT2D eigenvalue weighted by Gasteiger charge is -2.39. The van der Waals surface area contributed by atoms with Crippen molar-refractivity contribution in [3.05, 3.63) is 53.6 Å². The van der Waals surface area contributed by atoms with E-state index in [4.69, 9.17) is 28.4 Å². The topological polar surface area (TPSA) is 91.0 Å². The molecule has 2 aliphatic rings. The third-order valence-corrected chi connectivity index (χ3v) is 8.15. The zero-order chi connectivity index (χ0) is 31.1. The fourth-order valence-corrected chi connectivity index (χ4v) is 5.79. The number of piperidine rings is 1. The largest absolute Gasteiger partial charge is 0.494 e. The smallest absolute Gasteiger partial charge is 0.248 e. The van der Waals surface area contributed by atoms with Crippen LogP contribution in [0.4, 0.5) is 5.69 Å². The van der Waals surface area contributed by atoms with E-state index in [9.17, 15) is 4.79 Å². The maximum absolute atomic E-state index is 12.7. The number of carbonyl (C=O) groups excluding carboxylic acids is 1. The van der Waals surface area contributed by atoms with Crippen LogP contribution in [0.1, 0.15) is 43.2 Å². The van der Waals surface area contributed by atoms with Gasteiger partial charge in [0.1, 0.15) is 24.7 Å². The number of likely N-dealkylation sites (N-methyl/N-ethyl adjacent to an activating group) is 1. The minimum Gasteiger partial charge on any atom is -0.494 e. The average Bonchev–Trinajstić information content (AvgIpc) is 3.05. The van der Waals surface area contributed by atoms with Crippen LogP contribution in [0.5, 0.6) is 11.5 Å². The Balaban J connectivity index is 1.47. The van der Waals surface area contributed by atoms with Gasteiger partial charge in [-0.15, -0.1) is 0 Å². The second-order valence-corrected chi connectivity index (χ2v) is 11.4. The Hall–Kier alpha value is -2.89. The molecule has 1 amide bonds. The molecule has 1 N–H and O–H groups in total. The maximum atomic E-state index is 12.7. The van der Waals surface area contributed by atoms with Gasteiger partial charge in [0.2, 0.25) is 5.91 Å². The van der Waals surface area contributed by atoms with Crippen molar-refractivity contribution in [3.63, 3.8) is 0 Å². The summed E-state index contributed by atoms with van der Waals surface area (Å²) < 4.78 is 35.2. The molecule has 0 unspecified atom stereocenters. The number of methoxy groups -OCH3 is 2. The van der Waals surface area contributed by atoms with Crippen molar-refractivity contribution in [1.29, 1.82) is 0 Å². The first kappa shape index (κ1) is 34.0. The first-order valence-electron chi connectivity index (χ1n) is 15.9. The highest BCUT2D eigenvalue weighted by molar-refractivity contribution is 5.77. The maximum Gasteiger partial charge on any atom is 0.248 e. The van der Waals surface area contributed by atoms with Crippen LogP contribution in [0.25, 0.3) is 0 Å². The molecule has 4 rings (SSSR count). The van der Waals surface area contributed by atoms with Crippen molar-refractivity contribution in [2.45, 2.75) is 50.9 Å². The van der Waals surface area contributed by atoms with Crippen LogP contribution in [0.3, 0.4) is 0 Å². The number of nitrogens with one attached hydrogen (secondary N) is 1. The zero-order valence-corrected chi connectivity index (χ0v) is 26.9. The van der Waals surface area contributed by atoms with Crippen LogP contribution in [-0.4, -0.2) is 110 Å². The summed E-state index contributed by atoms with van der Waals surface area (Å²) in [5, 5.41) is 3.48. The molecule has 1 saturated heterocycles. The van der Waals surface area contributed by atoms with E-state index < -0.39 is 0 Å². The van der Waals surface area contributed by atoms with Crippen LogP contribution < -0.4 is 19.7 Å². The van der Waals surface area contributed by atoms with Gasteiger partial charge in [-0.3, -0.25) is 4.79 Å². The predicted molar refractivity (Wildman–Crippen MR) is 171 cm³/mol. The molecule has 2 aliphatic heterocycles. The Morgan fingerprint density at radius 2 is 1.75 bits per heavy atom. The molecule has 44 heavy (non-hydrogen) atoms. The molecular formula is C34H51N3O7. The first-order chi connectivity index (χ1) is 21.5. The quantitative estimate of drug-likeness (QED) is 0.252. The van der Waals surface area contributed by atoms with E-state index in [-0.39, 0.29) is 30.6 Å².